The first-order valence-electron chi connectivity index (χ1n) is 31.6. The van der Waals surface area contributed by atoms with E-state index in [1.165, 1.54) is 129 Å². The van der Waals surface area contributed by atoms with Crippen LogP contribution in [0.5, 0.6) is 0 Å². The van der Waals surface area contributed by atoms with E-state index in [-0.39, 0.29) is 0 Å². The van der Waals surface area contributed by atoms with Crippen LogP contribution in [0.15, 0.2) is 315 Å². The molecule has 0 unspecified atom stereocenters. The number of hydrogen-bond donors (Lipinski definition) is 0. The summed E-state index contributed by atoms with van der Waals surface area (Å²) in [7, 11) is 0. The first kappa shape index (κ1) is 56.4. The van der Waals surface area contributed by atoms with E-state index in [0.29, 0.717) is 0 Å². The largest absolute Gasteiger partial charge is 0.309 e. The highest BCUT2D eigenvalue weighted by Gasteiger charge is 2.25. The highest BCUT2D eigenvalue weighted by atomic mass is 32.1. The number of fused-ring (bicyclic) bond motifs is 6. The summed E-state index contributed by atoms with van der Waals surface area (Å²) in [5.41, 5.74) is 28.2. The fraction of sp³-hybridized carbons (Fsp3) is 0.0455. The van der Waals surface area contributed by atoms with Gasteiger partial charge in [-0.05, 0) is 177 Å². The van der Waals surface area contributed by atoms with Crippen molar-refractivity contribution in [2.45, 2.75) is 27.7 Å². The minimum Gasteiger partial charge on any atom is -0.309 e. The van der Waals surface area contributed by atoms with E-state index in [0.717, 1.165) is 45.3 Å². The van der Waals surface area contributed by atoms with Crippen LogP contribution >= 0.6 is 22.7 Å². The number of benzene rings is 14. The van der Waals surface area contributed by atoms with Crippen LogP contribution in [0.3, 0.4) is 0 Å². The topological polar surface area (TPSA) is 6.48 Å². The van der Waals surface area contributed by atoms with Crippen LogP contribution in [0.1, 0.15) is 22.3 Å². The van der Waals surface area contributed by atoms with Crippen LogP contribution in [0.4, 0.5) is 34.1 Å². The predicted octanol–water partition coefficient (Wildman–Crippen LogP) is 26.3. The lowest BCUT2D eigenvalue weighted by molar-refractivity contribution is 1.22. The van der Waals surface area contributed by atoms with Gasteiger partial charge in [-0.1, -0.05) is 255 Å². The third-order valence-electron chi connectivity index (χ3n) is 18.4. The van der Waals surface area contributed by atoms with E-state index in [2.05, 4.69) is 353 Å². The number of rotatable bonds is 13. The smallest absolute Gasteiger partial charge is 0.0569 e. The van der Waals surface area contributed by atoms with Gasteiger partial charge in [0.05, 0.1) is 11.4 Å². The molecule has 0 radical (unpaired) electrons. The zero-order chi connectivity index (χ0) is 61.8. The minimum absolute atomic E-state index is 1.10. The van der Waals surface area contributed by atoms with Crippen LogP contribution < -0.4 is 9.80 Å². The second-order valence-corrected chi connectivity index (χ2v) is 26.3. The molecule has 0 aliphatic rings. The SMILES string of the molecule is Cc1cc(-c2ccc(N(c3ccc(-c4cccc5c4sc4ccccc45)cc3)c3c(C)cccc3-c3ccc(-c4ccccc4)cc3)c(C)c2)ccc1N(c1ccc(-c2cccc3c2sc2ccccc23)cc1)c1c(C)cccc1-c1ccc(-c2ccccc2)cc1. The maximum atomic E-state index is 2.49. The highest BCUT2D eigenvalue weighted by molar-refractivity contribution is 7.26. The van der Waals surface area contributed by atoms with Crippen molar-refractivity contribution in [3.63, 3.8) is 0 Å². The summed E-state index contributed by atoms with van der Waals surface area (Å²) in [5, 5.41) is 5.23. The molecular formula is C88H64N2S2. The number of anilines is 6. The van der Waals surface area contributed by atoms with Gasteiger partial charge in [0.15, 0.2) is 0 Å². The van der Waals surface area contributed by atoms with Crippen molar-refractivity contribution in [1.29, 1.82) is 0 Å². The van der Waals surface area contributed by atoms with E-state index in [9.17, 15) is 0 Å². The van der Waals surface area contributed by atoms with Gasteiger partial charge in [0.1, 0.15) is 0 Å². The fourth-order valence-electron chi connectivity index (χ4n) is 13.8. The Labute approximate surface area is 546 Å². The Hall–Kier alpha value is -10.9. The summed E-state index contributed by atoms with van der Waals surface area (Å²) in [6, 6.07) is 117. The maximum Gasteiger partial charge on any atom is 0.0569 e. The monoisotopic (exact) mass is 1210 g/mol. The van der Waals surface area contributed by atoms with Gasteiger partial charge in [-0.3, -0.25) is 0 Å². The molecule has 16 rings (SSSR count). The Balaban J connectivity index is 0.796. The lowest BCUT2D eigenvalue weighted by atomic mass is 9.94. The predicted molar refractivity (Wildman–Crippen MR) is 399 cm³/mol. The van der Waals surface area contributed by atoms with Crippen LogP contribution in [-0.4, -0.2) is 0 Å². The number of aryl methyl sites for hydroxylation is 4. The minimum atomic E-state index is 1.10. The van der Waals surface area contributed by atoms with Crippen LogP contribution in [0.2, 0.25) is 0 Å². The molecular weight excluding hydrogens is 1150 g/mol. The Kier molecular flexibility index (Phi) is 14.6. The van der Waals surface area contributed by atoms with Gasteiger partial charge in [0.2, 0.25) is 0 Å². The van der Waals surface area contributed by atoms with Crippen LogP contribution in [-0.2, 0) is 0 Å². The van der Waals surface area contributed by atoms with Gasteiger partial charge in [-0.25, -0.2) is 0 Å². The van der Waals surface area contributed by atoms with Crippen molar-refractivity contribution in [3.05, 3.63) is 338 Å². The second-order valence-electron chi connectivity index (χ2n) is 24.2. The van der Waals surface area contributed by atoms with Gasteiger partial charge in [0.25, 0.3) is 0 Å². The highest BCUT2D eigenvalue weighted by Crippen LogP contribution is 2.50. The average molecular weight is 1210 g/mol. The van der Waals surface area contributed by atoms with E-state index < -0.39 is 0 Å². The molecule has 2 heterocycles. The lowest BCUT2D eigenvalue weighted by Crippen LogP contribution is -2.14. The molecule has 4 heteroatoms. The molecule has 0 saturated carbocycles. The summed E-state index contributed by atoms with van der Waals surface area (Å²) in [6.45, 7) is 9.05. The van der Waals surface area contributed by atoms with E-state index in [1.54, 1.807) is 0 Å². The molecule has 438 valence electrons. The molecule has 0 amide bonds. The first-order valence-corrected chi connectivity index (χ1v) is 33.3. The molecule has 2 aromatic heterocycles. The maximum absolute atomic E-state index is 2.49. The van der Waals surface area contributed by atoms with Crippen LogP contribution in [0, 0.1) is 27.7 Å². The molecule has 0 fully saturated rings. The Bertz CT molecular complexity index is 5070. The first-order chi connectivity index (χ1) is 45.3. The Morgan fingerprint density at radius 2 is 0.522 bits per heavy atom. The Morgan fingerprint density at radius 1 is 0.217 bits per heavy atom. The molecule has 0 bridgehead atoms. The normalized spacial score (nSPS) is 11.5. The van der Waals surface area contributed by atoms with E-state index >= 15 is 0 Å². The van der Waals surface area contributed by atoms with Gasteiger partial charge in [0, 0.05) is 74.2 Å². The van der Waals surface area contributed by atoms with Crippen molar-refractivity contribution in [1.82, 2.24) is 0 Å². The lowest BCUT2D eigenvalue weighted by Gasteiger charge is -2.31. The van der Waals surface area contributed by atoms with Crippen molar-refractivity contribution >= 4 is 97.1 Å². The van der Waals surface area contributed by atoms with E-state index in [4.69, 9.17) is 0 Å². The number of nitrogens with zero attached hydrogens (tertiary/aromatic N) is 2. The zero-order valence-electron chi connectivity index (χ0n) is 51.7. The molecule has 92 heavy (non-hydrogen) atoms. The molecule has 0 aliphatic heterocycles. The standard InChI is InChI=1S/C88H64N2S2/c1-57-19-15-27-73(65-39-35-63(36-40-65)61-21-7-5-8-22-61)85(57)89(71-49-43-67(44-50-71)75-29-17-31-79-77-25-11-13-33-83(77)91-87(75)79)81-53-47-69(55-59(81)3)70-48-54-82(60(4)56-70)90(86-58(2)20-16-28-74(86)66-41-37-64(38-42-66)62-23-9-6-10-24-62)72-51-45-68(46-52-72)76-30-18-32-80-78-26-12-14-34-84(78)92-88(76)80/h5-56H,1-4H3. The van der Waals surface area contributed by atoms with Gasteiger partial charge >= 0.3 is 0 Å². The Morgan fingerprint density at radius 3 is 0.924 bits per heavy atom. The van der Waals surface area contributed by atoms with Crippen molar-refractivity contribution in [2.75, 3.05) is 9.80 Å². The quantitative estimate of drug-likeness (QED) is 0.114. The molecule has 2 nitrogen and oxygen atoms in total. The summed E-state index contributed by atoms with van der Waals surface area (Å²) >= 11 is 3.76. The molecule has 16 aromatic rings. The van der Waals surface area contributed by atoms with Gasteiger partial charge in [-0.15, -0.1) is 22.7 Å². The second kappa shape index (κ2) is 23.8. The van der Waals surface area contributed by atoms with E-state index in [1.807, 2.05) is 22.7 Å². The summed E-state index contributed by atoms with van der Waals surface area (Å²) in [4.78, 5) is 4.99. The third kappa shape index (κ3) is 10.2. The van der Waals surface area contributed by atoms with Crippen molar-refractivity contribution < 1.29 is 0 Å². The van der Waals surface area contributed by atoms with Crippen molar-refractivity contribution in [2.24, 2.45) is 0 Å². The zero-order valence-corrected chi connectivity index (χ0v) is 53.4. The fourth-order valence-corrected chi connectivity index (χ4v) is 16.3. The molecule has 0 aliphatic carbocycles. The van der Waals surface area contributed by atoms with Gasteiger partial charge < -0.3 is 9.80 Å². The molecule has 0 saturated heterocycles. The molecule has 0 spiro atoms. The molecule has 0 N–H and O–H groups in total. The summed E-state index contributed by atoms with van der Waals surface area (Å²) < 4.78 is 5.25. The summed E-state index contributed by atoms with van der Waals surface area (Å²) in [5.74, 6) is 0. The third-order valence-corrected chi connectivity index (χ3v) is 20.9. The average Bonchev–Trinajstić information content (AvgIpc) is 1.58. The molecule has 0 atom stereocenters. The van der Waals surface area contributed by atoms with Crippen LogP contribution in [0.25, 0.3) is 118 Å². The van der Waals surface area contributed by atoms with Gasteiger partial charge in [-0.2, -0.15) is 0 Å². The molecule has 14 aromatic carbocycles. The summed E-state index contributed by atoms with van der Waals surface area (Å²) in [6.07, 6.45) is 0. The number of hydrogen-bond acceptors (Lipinski definition) is 4. The number of para-hydroxylation sites is 2. The van der Waals surface area contributed by atoms with Crippen molar-refractivity contribution in [3.8, 4) is 77.9 Å². The number of thiophene rings is 2.